The SMILES string of the molecule is COCCOCCOCC[N+]1=C(/C=C/C=C/C=C2/N(CCCCCC(=O)O)c3ccc(S(=O)(=O)[O-])cc3C2(C)CCOC)C(C)(CCCS(=O)(=O)O)c2cc(S(=O)(=O)O)ccc21.[Na+].[Na+].[Na+]. The summed E-state index contributed by atoms with van der Waals surface area (Å²) < 4.78 is 128. The predicted octanol–water partition coefficient (Wildman–Crippen LogP) is -3.99. The minimum absolute atomic E-state index is 0. The molecule has 2 aliphatic heterocycles. The van der Waals surface area contributed by atoms with Crippen LogP contribution in [0.3, 0.4) is 0 Å². The zero-order valence-corrected chi connectivity index (χ0v) is 47.0. The number of nitrogens with zero attached hydrogens (tertiary/aromatic N) is 2. The van der Waals surface area contributed by atoms with Gasteiger partial charge in [0, 0.05) is 68.3 Å². The Morgan fingerprint density at radius 3 is 2.00 bits per heavy atom. The van der Waals surface area contributed by atoms with Gasteiger partial charge in [-0.1, -0.05) is 24.6 Å². The average Bonchev–Trinajstić information content (AvgIpc) is 3.56. The standard InChI is InChI=1S/C42H58N2O15S3.3Na/c1-41(19-11-29-60(47,48)49)34-30-32(61(50,51)52)16-18-37(34)44(22-24-58-27-28-59-26-25-57-4)38(41)12-7-5-8-13-39-42(2,20-23-56-3)35-31-33(62(53,54)55)15-17-36(35)43(39)21-10-6-9-14-40(45)46;;;/h5,7-8,12-13,15-18,30-31H,6,9-11,14,19-29H2,1-4H3,(H3-,45,46,47,48,49,50,51,52,53,54,55);;;/q;3*+1. The van der Waals surface area contributed by atoms with Crippen molar-refractivity contribution in [2.45, 2.75) is 79.4 Å². The van der Waals surface area contributed by atoms with E-state index < -0.39 is 52.9 Å². The Morgan fingerprint density at radius 2 is 1.38 bits per heavy atom. The second-order valence-electron chi connectivity index (χ2n) is 15.5. The molecular formula is C42H58N2Na3O15S3+3. The molecule has 2 aliphatic rings. The largest absolute Gasteiger partial charge is 1.00 e. The number of ether oxygens (including phenoxy) is 4. The van der Waals surface area contributed by atoms with Gasteiger partial charge in [0.1, 0.15) is 16.7 Å². The van der Waals surface area contributed by atoms with E-state index in [-0.39, 0.29) is 124 Å². The first-order valence-corrected chi connectivity index (χ1v) is 24.6. The van der Waals surface area contributed by atoms with Crippen molar-refractivity contribution in [1.82, 2.24) is 0 Å². The number of hydrogen-bond donors (Lipinski definition) is 3. The predicted molar refractivity (Wildman–Crippen MR) is 231 cm³/mol. The Labute approximate surface area is 450 Å². The maximum absolute atomic E-state index is 12.3. The summed E-state index contributed by atoms with van der Waals surface area (Å²) in [6.45, 7) is 6.57. The Kier molecular flexibility index (Phi) is 26.9. The van der Waals surface area contributed by atoms with Gasteiger partial charge in [-0.15, -0.1) is 0 Å². The molecule has 23 heteroatoms. The smallest absolute Gasteiger partial charge is 0.744 e. The van der Waals surface area contributed by atoms with Crippen molar-refractivity contribution < 1.29 is 161 Å². The van der Waals surface area contributed by atoms with Crippen molar-refractivity contribution in [2.24, 2.45) is 0 Å². The van der Waals surface area contributed by atoms with E-state index in [0.29, 0.717) is 100 Å². The van der Waals surface area contributed by atoms with E-state index in [4.69, 9.17) is 24.1 Å². The molecule has 0 saturated carbocycles. The zero-order valence-electron chi connectivity index (χ0n) is 38.5. The van der Waals surface area contributed by atoms with Crippen molar-refractivity contribution in [3.8, 4) is 0 Å². The summed E-state index contributed by atoms with van der Waals surface area (Å²) in [4.78, 5) is 12.5. The maximum atomic E-state index is 12.3. The number of unbranched alkanes of at least 4 members (excludes halogenated alkanes) is 2. The third-order valence-corrected chi connectivity index (χ3v) is 13.6. The third-order valence-electron chi connectivity index (χ3n) is 11.2. The Balaban J connectivity index is 0.00000704. The van der Waals surface area contributed by atoms with Crippen molar-refractivity contribution in [1.29, 1.82) is 0 Å². The Hall–Kier alpha value is -0.830. The third kappa shape index (κ3) is 17.5. The minimum Gasteiger partial charge on any atom is -0.744 e. The molecule has 0 spiro atoms. The molecule has 0 aliphatic carbocycles. The van der Waals surface area contributed by atoms with Crippen LogP contribution >= 0.6 is 0 Å². The number of fused-ring (bicyclic) bond motifs is 2. The summed E-state index contributed by atoms with van der Waals surface area (Å²) >= 11 is 0. The van der Waals surface area contributed by atoms with Crippen molar-refractivity contribution in [3.63, 3.8) is 0 Å². The van der Waals surface area contributed by atoms with Gasteiger partial charge >= 0.3 is 94.6 Å². The van der Waals surface area contributed by atoms with Gasteiger partial charge in [-0.05, 0) is 87.9 Å². The number of hydrogen-bond acceptors (Lipinski definition) is 13. The second-order valence-corrected chi connectivity index (χ2v) is 19.9. The van der Waals surface area contributed by atoms with Crippen LogP contribution < -0.4 is 93.6 Å². The minimum atomic E-state index is -4.77. The van der Waals surface area contributed by atoms with E-state index in [9.17, 15) is 43.7 Å². The normalized spacial score (nSPS) is 19.1. The molecule has 0 amide bonds. The van der Waals surface area contributed by atoms with Gasteiger partial charge in [0.2, 0.25) is 5.69 Å². The molecule has 0 saturated heterocycles. The monoisotopic (exact) mass is 995 g/mol. The second kappa shape index (κ2) is 28.1. The Bertz CT molecular complexity index is 2380. The van der Waals surface area contributed by atoms with Gasteiger partial charge in [-0.3, -0.25) is 13.9 Å². The molecule has 2 heterocycles. The van der Waals surface area contributed by atoms with Gasteiger partial charge in [-0.25, -0.2) is 8.42 Å². The molecule has 0 radical (unpaired) electrons. The van der Waals surface area contributed by atoms with Crippen molar-refractivity contribution in [3.05, 3.63) is 83.6 Å². The number of carboxylic acids is 1. The maximum Gasteiger partial charge on any atom is 1.00 e. The number of aliphatic carboxylic acids is 1. The van der Waals surface area contributed by atoms with Crippen LogP contribution in [0.5, 0.6) is 0 Å². The first kappa shape index (κ1) is 62.2. The first-order chi connectivity index (χ1) is 29.2. The van der Waals surface area contributed by atoms with Crippen LogP contribution in [-0.2, 0) is 64.9 Å². The van der Waals surface area contributed by atoms with Gasteiger partial charge in [0.15, 0.2) is 12.3 Å². The zero-order chi connectivity index (χ0) is 45.8. The van der Waals surface area contributed by atoms with Gasteiger partial charge in [0.05, 0.1) is 47.4 Å². The first-order valence-electron chi connectivity index (χ1n) is 20.2. The molecule has 4 rings (SSSR count). The molecular weight excluding hydrogens is 938 g/mol. The molecule has 17 nitrogen and oxygen atoms in total. The fraction of sp³-hybridized carbons (Fsp3) is 0.524. The van der Waals surface area contributed by atoms with Crippen LogP contribution in [0.2, 0.25) is 0 Å². The number of benzene rings is 2. The molecule has 2 atom stereocenters. The Morgan fingerprint density at radius 1 is 0.754 bits per heavy atom. The molecule has 65 heavy (non-hydrogen) atoms. The quantitative estimate of drug-likeness (QED) is 0.0254. The molecule has 0 bridgehead atoms. The summed E-state index contributed by atoms with van der Waals surface area (Å²) in [6.07, 6.45) is 11.5. The fourth-order valence-electron chi connectivity index (χ4n) is 8.00. The molecule has 0 aromatic heterocycles. The number of allylic oxidation sites excluding steroid dienone is 6. The molecule has 2 aromatic rings. The summed E-state index contributed by atoms with van der Waals surface area (Å²) in [5, 5.41) is 9.14. The van der Waals surface area contributed by atoms with E-state index in [2.05, 4.69) is 0 Å². The number of carbonyl (C=O) groups is 1. The van der Waals surface area contributed by atoms with Crippen molar-refractivity contribution in [2.75, 3.05) is 77.6 Å². The molecule has 344 valence electrons. The van der Waals surface area contributed by atoms with Crippen LogP contribution in [-0.4, -0.2) is 133 Å². The summed E-state index contributed by atoms with van der Waals surface area (Å²) in [6, 6.07) is 8.54. The topological polar surface area (TPSA) is 246 Å². The number of carboxylic acid groups (broad SMARTS) is 1. The van der Waals surface area contributed by atoms with Gasteiger partial charge in [-0.2, -0.15) is 21.4 Å². The number of methoxy groups -OCH3 is 2. The van der Waals surface area contributed by atoms with Crippen LogP contribution in [0.4, 0.5) is 11.4 Å². The van der Waals surface area contributed by atoms with Gasteiger partial charge in [0.25, 0.3) is 20.2 Å². The molecule has 0 fully saturated rings. The van der Waals surface area contributed by atoms with E-state index >= 15 is 0 Å². The average molecular weight is 996 g/mol. The molecule has 2 aromatic carbocycles. The van der Waals surface area contributed by atoms with E-state index in [0.717, 1.165) is 5.70 Å². The summed E-state index contributed by atoms with van der Waals surface area (Å²) in [5.41, 5.74) is 2.15. The van der Waals surface area contributed by atoms with Gasteiger partial charge < -0.3 is 33.5 Å². The molecule has 2 unspecified atom stereocenters. The number of anilines is 1. The van der Waals surface area contributed by atoms with Crippen LogP contribution in [0.1, 0.15) is 69.9 Å². The van der Waals surface area contributed by atoms with Crippen LogP contribution in [0.15, 0.2) is 82.3 Å². The fourth-order valence-corrected chi connectivity index (χ4v) is 9.51. The van der Waals surface area contributed by atoms with E-state index in [1.165, 1.54) is 24.3 Å². The van der Waals surface area contributed by atoms with Crippen LogP contribution in [0.25, 0.3) is 0 Å². The van der Waals surface area contributed by atoms with Crippen molar-refractivity contribution >= 4 is 53.4 Å². The van der Waals surface area contributed by atoms with Crippen LogP contribution in [0, 0.1) is 0 Å². The number of rotatable bonds is 27. The summed E-state index contributed by atoms with van der Waals surface area (Å²) in [7, 11) is -10.6. The van der Waals surface area contributed by atoms with E-state index in [1.807, 2.05) is 35.5 Å². The molecule has 3 N–H and O–H groups in total. The van der Waals surface area contributed by atoms with E-state index in [1.54, 1.807) is 44.6 Å². The summed E-state index contributed by atoms with van der Waals surface area (Å²) in [5.74, 6) is -1.42.